The van der Waals surface area contributed by atoms with Crippen LogP contribution in [0.2, 0.25) is 0 Å². The summed E-state index contributed by atoms with van der Waals surface area (Å²) in [6, 6.07) is 3.90. The van der Waals surface area contributed by atoms with Crippen LogP contribution in [0.1, 0.15) is 31.4 Å². The zero-order valence-electron chi connectivity index (χ0n) is 11.7. The van der Waals surface area contributed by atoms with Crippen LogP contribution >= 0.6 is 11.3 Å². The first-order valence-corrected chi connectivity index (χ1v) is 8.11. The van der Waals surface area contributed by atoms with E-state index in [-0.39, 0.29) is 11.9 Å². The molecule has 3 rings (SSSR count). The van der Waals surface area contributed by atoms with E-state index in [0.717, 1.165) is 35.7 Å². The number of rotatable bonds is 5. The molecular weight excluding hydrogens is 286 g/mol. The van der Waals surface area contributed by atoms with Crippen molar-refractivity contribution in [3.63, 3.8) is 0 Å². The van der Waals surface area contributed by atoms with Crippen LogP contribution in [0.15, 0.2) is 28.2 Å². The molecule has 1 fully saturated rings. The Morgan fingerprint density at radius 3 is 3.14 bits per heavy atom. The largest absolute Gasteiger partial charge is 0.462 e. The molecule has 0 unspecified atom stereocenters. The monoisotopic (exact) mass is 305 g/mol. The molecule has 2 heterocycles. The highest BCUT2D eigenvalue weighted by Crippen LogP contribution is 2.27. The first kappa shape index (κ1) is 14.3. The molecule has 0 spiro atoms. The van der Waals surface area contributed by atoms with Gasteiger partial charge in [0.2, 0.25) is 5.91 Å². The summed E-state index contributed by atoms with van der Waals surface area (Å²) in [5, 5.41) is 5.70. The standard InChI is InChI=1S/C15H19N3O2S/c16-12-4-1-3-10(12)7-14(19)17-8-11-9-21-15(18-11)13-5-2-6-20-13/h2,5-6,9-10,12H,1,3-4,7-8,16H2,(H,17,19)/t10-,12+/m0/s1. The van der Waals surface area contributed by atoms with Gasteiger partial charge in [-0.2, -0.15) is 0 Å². The molecule has 21 heavy (non-hydrogen) atoms. The van der Waals surface area contributed by atoms with Crippen LogP contribution in [0, 0.1) is 5.92 Å². The molecule has 0 radical (unpaired) electrons. The van der Waals surface area contributed by atoms with E-state index < -0.39 is 0 Å². The second-order valence-electron chi connectivity index (χ2n) is 5.46. The molecule has 3 N–H and O–H groups in total. The van der Waals surface area contributed by atoms with Gasteiger partial charge in [-0.25, -0.2) is 4.98 Å². The van der Waals surface area contributed by atoms with Gasteiger partial charge in [-0.1, -0.05) is 6.42 Å². The summed E-state index contributed by atoms with van der Waals surface area (Å²) < 4.78 is 5.31. The number of hydrogen-bond acceptors (Lipinski definition) is 5. The SMILES string of the molecule is N[C@@H]1CCC[C@H]1CC(=O)NCc1csc(-c2ccco2)n1. The fourth-order valence-corrected chi connectivity index (χ4v) is 3.51. The molecule has 112 valence electrons. The zero-order valence-corrected chi connectivity index (χ0v) is 12.6. The fraction of sp³-hybridized carbons (Fsp3) is 0.467. The number of thiazole rings is 1. The minimum atomic E-state index is 0.0601. The summed E-state index contributed by atoms with van der Waals surface area (Å²) >= 11 is 1.52. The van der Waals surface area contributed by atoms with E-state index in [1.165, 1.54) is 11.3 Å². The molecule has 2 atom stereocenters. The van der Waals surface area contributed by atoms with Gasteiger partial charge < -0.3 is 15.5 Å². The van der Waals surface area contributed by atoms with Crippen molar-refractivity contribution in [2.45, 2.75) is 38.3 Å². The highest BCUT2D eigenvalue weighted by Gasteiger charge is 2.25. The van der Waals surface area contributed by atoms with E-state index >= 15 is 0 Å². The van der Waals surface area contributed by atoms with E-state index in [4.69, 9.17) is 10.2 Å². The normalized spacial score (nSPS) is 21.6. The summed E-state index contributed by atoms with van der Waals surface area (Å²) in [6.07, 6.45) is 5.39. The van der Waals surface area contributed by atoms with E-state index in [9.17, 15) is 4.79 Å². The lowest BCUT2D eigenvalue weighted by Gasteiger charge is -2.14. The summed E-state index contributed by atoms with van der Waals surface area (Å²) in [5.41, 5.74) is 6.85. The molecule has 6 heteroatoms. The molecular formula is C15H19N3O2S. The lowest BCUT2D eigenvalue weighted by molar-refractivity contribution is -0.122. The number of hydrogen-bond donors (Lipinski definition) is 2. The molecule has 5 nitrogen and oxygen atoms in total. The van der Waals surface area contributed by atoms with E-state index in [0.29, 0.717) is 18.9 Å². The number of aromatic nitrogens is 1. The van der Waals surface area contributed by atoms with Gasteiger partial charge in [0.15, 0.2) is 10.8 Å². The average molecular weight is 305 g/mol. The number of furan rings is 1. The van der Waals surface area contributed by atoms with Crippen molar-refractivity contribution < 1.29 is 9.21 Å². The fourth-order valence-electron chi connectivity index (χ4n) is 2.72. The quantitative estimate of drug-likeness (QED) is 0.889. The first-order valence-electron chi connectivity index (χ1n) is 7.23. The lowest BCUT2D eigenvalue weighted by atomic mass is 10.00. The molecule has 0 bridgehead atoms. The Kier molecular flexibility index (Phi) is 4.36. The van der Waals surface area contributed by atoms with Gasteiger partial charge in [0.1, 0.15) is 0 Å². The lowest BCUT2D eigenvalue weighted by Crippen LogP contribution is -2.31. The van der Waals surface area contributed by atoms with Gasteiger partial charge in [0.05, 0.1) is 18.5 Å². The molecule has 1 saturated carbocycles. The Hall–Kier alpha value is -1.66. The van der Waals surface area contributed by atoms with Gasteiger partial charge in [0, 0.05) is 17.8 Å². The Labute approximate surface area is 127 Å². The Morgan fingerprint density at radius 2 is 2.43 bits per heavy atom. The maximum absolute atomic E-state index is 11.9. The van der Waals surface area contributed by atoms with Gasteiger partial charge in [-0.05, 0) is 30.9 Å². The van der Waals surface area contributed by atoms with Crippen LogP contribution in [-0.4, -0.2) is 16.9 Å². The third-order valence-electron chi connectivity index (χ3n) is 3.92. The minimum Gasteiger partial charge on any atom is -0.462 e. The summed E-state index contributed by atoms with van der Waals surface area (Å²) in [7, 11) is 0. The topological polar surface area (TPSA) is 81.2 Å². The highest BCUT2D eigenvalue weighted by atomic mass is 32.1. The predicted molar refractivity (Wildman–Crippen MR) is 81.6 cm³/mol. The minimum absolute atomic E-state index is 0.0601. The number of nitrogens with one attached hydrogen (secondary N) is 1. The smallest absolute Gasteiger partial charge is 0.220 e. The van der Waals surface area contributed by atoms with Gasteiger partial charge >= 0.3 is 0 Å². The van der Waals surface area contributed by atoms with Gasteiger partial charge in [0.25, 0.3) is 0 Å². The second kappa shape index (κ2) is 6.41. The number of carbonyl (C=O) groups excluding carboxylic acids is 1. The van der Waals surface area contributed by atoms with Crippen LogP contribution in [-0.2, 0) is 11.3 Å². The van der Waals surface area contributed by atoms with Crippen molar-refractivity contribution in [2.24, 2.45) is 11.7 Å². The molecule has 1 amide bonds. The van der Waals surface area contributed by atoms with Crippen LogP contribution in [0.25, 0.3) is 10.8 Å². The van der Waals surface area contributed by atoms with Crippen LogP contribution in [0.3, 0.4) is 0 Å². The molecule has 0 aromatic carbocycles. The summed E-state index contributed by atoms with van der Waals surface area (Å²) in [5.74, 6) is 1.15. The molecule has 1 aliphatic carbocycles. The van der Waals surface area contributed by atoms with Crippen molar-refractivity contribution in [3.8, 4) is 10.8 Å². The molecule has 2 aromatic rings. The van der Waals surface area contributed by atoms with Gasteiger partial charge in [-0.3, -0.25) is 4.79 Å². The van der Waals surface area contributed by atoms with Crippen molar-refractivity contribution in [1.29, 1.82) is 0 Å². The molecule has 1 aliphatic rings. The zero-order chi connectivity index (χ0) is 14.7. The number of nitrogens with zero attached hydrogens (tertiary/aromatic N) is 1. The average Bonchev–Trinajstić information content (AvgIpc) is 3.18. The molecule has 0 saturated heterocycles. The van der Waals surface area contributed by atoms with Crippen molar-refractivity contribution in [1.82, 2.24) is 10.3 Å². The highest BCUT2D eigenvalue weighted by molar-refractivity contribution is 7.13. The maximum atomic E-state index is 11.9. The first-order chi connectivity index (χ1) is 10.2. The van der Waals surface area contributed by atoms with E-state index in [1.54, 1.807) is 6.26 Å². The third-order valence-corrected chi connectivity index (χ3v) is 4.82. The second-order valence-corrected chi connectivity index (χ2v) is 6.32. The van der Waals surface area contributed by atoms with Crippen molar-refractivity contribution in [3.05, 3.63) is 29.5 Å². The third kappa shape index (κ3) is 3.51. The van der Waals surface area contributed by atoms with Gasteiger partial charge in [-0.15, -0.1) is 11.3 Å². The van der Waals surface area contributed by atoms with Crippen LogP contribution in [0.4, 0.5) is 0 Å². The van der Waals surface area contributed by atoms with Crippen LogP contribution < -0.4 is 11.1 Å². The predicted octanol–water partition coefficient (Wildman–Crippen LogP) is 2.54. The Morgan fingerprint density at radius 1 is 1.52 bits per heavy atom. The molecule has 2 aromatic heterocycles. The van der Waals surface area contributed by atoms with Crippen molar-refractivity contribution in [2.75, 3.05) is 0 Å². The molecule has 0 aliphatic heterocycles. The van der Waals surface area contributed by atoms with E-state index in [2.05, 4.69) is 10.3 Å². The Bertz CT molecular complexity index is 594. The Balaban J connectivity index is 1.50. The summed E-state index contributed by atoms with van der Waals surface area (Å²) in [6.45, 7) is 0.456. The van der Waals surface area contributed by atoms with E-state index in [1.807, 2.05) is 17.5 Å². The summed E-state index contributed by atoms with van der Waals surface area (Å²) in [4.78, 5) is 16.4. The number of nitrogens with two attached hydrogens (primary N) is 1. The maximum Gasteiger partial charge on any atom is 0.220 e. The number of amides is 1. The number of carbonyl (C=O) groups is 1. The van der Waals surface area contributed by atoms with Crippen molar-refractivity contribution >= 4 is 17.2 Å². The van der Waals surface area contributed by atoms with Crippen LogP contribution in [0.5, 0.6) is 0 Å².